The van der Waals surface area contributed by atoms with Crippen LogP contribution in [0.2, 0.25) is 0 Å². The predicted octanol–water partition coefficient (Wildman–Crippen LogP) is 2.34. The van der Waals surface area contributed by atoms with Gasteiger partial charge in [-0.2, -0.15) is 5.10 Å². The molecule has 1 heterocycles. The maximum Gasteiger partial charge on any atom is 0.265 e. The summed E-state index contributed by atoms with van der Waals surface area (Å²) in [5.74, 6) is 0.874. The van der Waals surface area contributed by atoms with Gasteiger partial charge in [0.2, 0.25) is 0 Å². The Morgan fingerprint density at radius 2 is 2.00 bits per heavy atom. The number of para-hydroxylation sites is 2. The van der Waals surface area contributed by atoms with E-state index < -0.39 is 0 Å². The summed E-state index contributed by atoms with van der Waals surface area (Å²) in [6, 6.07) is 7.22. The Labute approximate surface area is 141 Å². The standard InChI is InChI=1S/C18H23N3O3/c1-12-6-5-7-13(2)18(12)20-19-16(22)10-21-14-8-3-4-9-15(14)24-11-17(21)23/h3-4,8-9,12-13H,5-7,10-11H2,1-2H3,(H,19,22)/t12-,13-/m1/s1. The zero-order valence-corrected chi connectivity index (χ0v) is 14.1. The van der Waals surface area contributed by atoms with Gasteiger partial charge >= 0.3 is 0 Å². The van der Waals surface area contributed by atoms with E-state index in [1.807, 2.05) is 12.1 Å². The van der Waals surface area contributed by atoms with E-state index in [9.17, 15) is 9.59 Å². The molecule has 1 aromatic rings. The predicted molar refractivity (Wildman–Crippen MR) is 92.0 cm³/mol. The summed E-state index contributed by atoms with van der Waals surface area (Å²) in [5.41, 5.74) is 4.29. The van der Waals surface area contributed by atoms with Crippen molar-refractivity contribution in [1.29, 1.82) is 0 Å². The molecule has 1 aromatic carbocycles. The number of carbonyl (C=O) groups excluding carboxylic acids is 2. The molecule has 2 aliphatic rings. The summed E-state index contributed by atoms with van der Waals surface area (Å²) in [6.07, 6.45) is 3.41. The van der Waals surface area contributed by atoms with Gasteiger partial charge in [-0.3, -0.25) is 14.5 Å². The second kappa shape index (κ2) is 7.03. The molecule has 6 heteroatoms. The fourth-order valence-electron chi connectivity index (χ4n) is 3.37. The number of nitrogens with zero attached hydrogens (tertiary/aromatic N) is 2. The number of benzene rings is 1. The van der Waals surface area contributed by atoms with Crippen molar-refractivity contribution in [3.05, 3.63) is 24.3 Å². The van der Waals surface area contributed by atoms with E-state index in [1.165, 1.54) is 11.3 Å². The van der Waals surface area contributed by atoms with Gasteiger partial charge < -0.3 is 4.74 Å². The second-order valence-electron chi connectivity index (χ2n) is 6.54. The number of hydrogen-bond donors (Lipinski definition) is 1. The molecule has 0 bridgehead atoms. The van der Waals surface area contributed by atoms with Crippen LogP contribution in [0.25, 0.3) is 0 Å². The number of anilines is 1. The monoisotopic (exact) mass is 329 g/mol. The maximum absolute atomic E-state index is 12.3. The van der Waals surface area contributed by atoms with Crippen molar-refractivity contribution >= 4 is 23.2 Å². The highest BCUT2D eigenvalue weighted by molar-refractivity contribution is 6.02. The first-order chi connectivity index (χ1) is 11.6. The molecular formula is C18H23N3O3. The Morgan fingerprint density at radius 3 is 2.75 bits per heavy atom. The number of amides is 2. The van der Waals surface area contributed by atoms with Crippen LogP contribution in [-0.2, 0) is 9.59 Å². The molecule has 1 aliphatic carbocycles. The van der Waals surface area contributed by atoms with E-state index in [1.54, 1.807) is 12.1 Å². The molecule has 3 rings (SSSR count). The van der Waals surface area contributed by atoms with Crippen LogP contribution in [-0.4, -0.2) is 30.7 Å². The van der Waals surface area contributed by atoms with Crippen LogP contribution < -0.4 is 15.1 Å². The van der Waals surface area contributed by atoms with E-state index in [4.69, 9.17) is 4.74 Å². The smallest absolute Gasteiger partial charge is 0.265 e. The molecule has 0 saturated heterocycles. The van der Waals surface area contributed by atoms with Crippen LogP contribution in [0.15, 0.2) is 29.4 Å². The van der Waals surface area contributed by atoms with E-state index >= 15 is 0 Å². The number of fused-ring (bicyclic) bond motifs is 1. The van der Waals surface area contributed by atoms with Gasteiger partial charge in [0.05, 0.1) is 5.69 Å². The highest BCUT2D eigenvalue weighted by atomic mass is 16.5. The lowest BCUT2D eigenvalue weighted by Crippen LogP contribution is -2.44. The third-order valence-electron chi connectivity index (χ3n) is 4.70. The van der Waals surface area contributed by atoms with Crippen molar-refractivity contribution in [2.24, 2.45) is 16.9 Å². The third-order valence-corrected chi connectivity index (χ3v) is 4.70. The number of rotatable bonds is 3. The van der Waals surface area contributed by atoms with Crippen LogP contribution in [0.3, 0.4) is 0 Å². The average Bonchev–Trinajstić information content (AvgIpc) is 2.57. The van der Waals surface area contributed by atoms with Crippen molar-refractivity contribution in [3.8, 4) is 5.75 Å². The summed E-state index contributed by atoms with van der Waals surface area (Å²) in [5, 5.41) is 4.34. The van der Waals surface area contributed by atoms with Crippen LogP contribution in [0.1, 0.15) is 33.1 Å². The summed E-state index contributed by atoms with van der Waals surface area (Å²) in [7, 11) is 0. The number of nitrogens with one attached hydrogen (secondary N) is 1. The normalized spacial score (nSPS) is 23.3. The molecule has 2 amide bonds. The minimum absolute atomic E-state index is 0.0487. The molecule has 1 aliphatic heterocycles. The van der Waals surface area contributed by atoms with Gasteiger partial charge in [-0.15, -0.1) is 0 Å². The summed E-state index contributed by atoms with van der Waals surface area (Å²) in [6.45, 7) is 4.18. The Balaban J connectivity index is 1.68. The maximum atomic E-state index is 12.3. The first-order valence-corrected chi connectivity index (χ1v) is 8.44. The minimum atomic E-state index is -0.294. The van der Waals surface area contributed by atoms with E-state index in [0.29, 0.717) is 23.3 Å². The van der Waals surface area contributed by atoms with E-state index in [-0.39, 0.29) is 25.0 Å². The molecule has 0 aromatic heterocycles. The fraction of sp³-hybridized carbons (Fsp3) is 0.500. The molecule has 2 atom stereocenters. The van der Waals surface area contributed by atoms with Crippen LogP contribution in [0, 0.1) is 11.8 Å². The second-order valence-corrected chi connectivity index (χ2v) is 6.54. The number of hydrogen-bond acceptors (Lipinski definition) is 4. The SMILES string of the molecule is C[C@@H]1CCC[C@@H](C)C1=NNC(=O)CN1C(=O)COc2ccccc21. The minimum Gasteiger partial charge on any atom is -0.482 e. The Morgan fingerprint density at radius 1 is 1.29 bits per heavy atom. The molecular weight excluding hydrogens is 306 g/mol. The summed E-state index contributed by atoms with van der Waals surface area (Å²) < 4.78 is 5.38. The highest BCUT2D eigenvalue weighted by Gasteiger charge is 2.27. The fourth-order valence-corrected chi connectivity index (χ4v) is 3.37. The number of ether oxygens (including phenoxy) is 1. The molecule has 1 saturated carbocycles. The molecule has 1 N–H and O–H groups in total. The van der Waals surface area contributed by atoms with Crippen molar-refractivity contribution < 1.29 is 14.3 Å². The first-order valence-electron chi connectivity index (χ1n) is 8.44. The number of hydrazone groups is 1. The van der Waals surface area contributed by atoms with Crippen LogP contribution in [0.5, 0.6) is 5.75 Å². The lowest BCUT2D eigenvalue weighted by atomic mass is 9.81. The lowest BCUT2D eigenvalue weighted by molar-refractivity contribution is -0.125. The largest absolute Gasteiger partial charge is 0.482 e. The van der Waals surface area contributed by atoms with E-state index in [0.717, 1.165) is 18.6 Å². The van der Waals surface area contributed by atoms with Crippen LogP contribution >= 0.6 is 0 Å². The molecule has 24 heavy (non-hydrogen) atoms. The molecule has 1 fully saturated rings. The molecule has 128 valence electrons. The zero-order chi connectivity index (χ0) is 17.1. The first kappa shape index (κ1) is 16.5. The van der Waals surface area contributed by atoms with Gasteiger partial charge in [-0.05, 0) is 36.8 Å². The topological polar surface area (TPSA) is 71.0 Å². The van der Waals surface area contributed by atoms with Gasteiger partial charge in [0.1, 0.15) is 12.3 Å². The molecule has 0 unspecified atom stereocenters. The van der Waals surface area contributed by atoms with Crippen molar-refractivity contribution in [2.75, 3.05) is 18.1 Å². The van der Waals surface area contributed by atoms with Crippen molar-refractivity contribution in [2.45, 2.75) is 33.1 Å². The van der Waals surface area contributed by atoms with Crippen molar-refractivity contribution in [1.82, 2.24) is 5.43 Å². The highest BCUT2D eigenvalue weighted by Crippen LogP contribution is 2.31. The molecule has 0 spiro atoms. The Bertz CT molecular complexity index is 659. The average molecular weight is 329 g/mol. The lowest BCUT2D eigenvalue weighted by Gasteiger charge is -2.29. The van der Waals surface area contributed by atoms with Crippen LogP contribution in [0.4, 0.5) is 5.69 Å². The third kappa shape index (κ3) is 3.42. The van der Waals surface area contributed by atoms with Gasteiger partial charge in [0.15, 0.2) is 6.61 Å². The Kier molecular flexibility index (Phi) is 4.83. The molecule has 6 nitrogen and oxygen atoms in total. The quantitative estimate of drug-likeness (QED) is 0.865. The van der Waals surface area contributed by atoms with Gasteiger partial charge in [0, 0.05) is 5.71 Å². The van der Waals surface area contributed by atoms with Gasteiger partial charge in [-0.25, -0.2) is 5.43 Å². The summed E-state index contributed by atoms with van der Waals surface area (Å²) >= 11 is 0. The van der Waals surface area contributed by atoms with Gasteiger partial charge in [0.25, 0.3) is 11.8 Å². The summed E-state index contributed by atoms with van der Waals surface area (Å²) in [4.78, 5) is 25.8. The van der Waals surface area contributed by atoms with E-state index in [2.05, 4.69) is 24.4 Å². The Hall–Kier alpha value is -2.37. The van der Waals surface area contributed by atoms with Crippen molar-refractivity contribution in [3.63, 3.8) is 0 Å². The van der Waals surface area contributed by atoms with Gasteiger partial charge in [-0.1, -0.05) is 32.4 Å². The molecule has 0 radical (unpaired) electrons. The number of carbonyl (C=O) groups is 2. The zero-order valence-electron chi connectivity index (χ0n) is 14.1.